The summed E-state index contributed by atoms with van der Waals surface area (Å²) in [5.41, 5.74) is 16.7. The maximum Gasteiger partial charge on any atom is 0.245 e. The number of amides is 8. The SMILES string of the molecule is CC(C)C[C@@H]1NC(=O)CNC(=O)[C@H](CCN)NC(=O)CCCNC(=O)[C@H]([C@@H](C)O)NC(=O)[C@H](CCNC(=O)CCCCNC(=N)N)NC(=O)[C@H](CCN)NC1=O. The van der Waals surface area contributed by atoms with Crippen LogP contribution in [0.25, 0.3) is 0 Å². The van der Waals surface area contributed by atoms with Crippen LogP contribution < -0.4 is 65.1 Å². The highest BCUT2D eigenvalue weighted by atomic mass is 16.3. The molecule has 1 saturated heterocycles. The molecule has 1 heterocycles. The van der Waals surface area contributed by atoms with Crippen LogP contribution in [0.3, 0.4) is 0 Å². The predicted octanol–water partition coefficient (Wildman–Crippen LogP) is -5.28. The highest BCUT2D eigenvalue weighted by Gasteiger charge is 2.33. The summed E-state index contributed by atoms with van der Waals surface area (Å²) in [6.45, 7) is 4.60. The lowest BCUT2D eigenvalue weighted by molar-refractivity contribution is -0.135. The number of aliphatic hydroxyl groups excluding tert-OH is 1. The Balaban J connectivity index is 3.37. The number of carbonyl (C=O) groups excluding carboxylic acids is 8. The van der Waals surface area contributed by atoms with Crippen LogP contribution in [0.1, 0.15) is 78.6 Å². The molecule has 0 saturated carbocycles. The van der Waals surface area contributed by atoms with Gasteiger partial charge in [-0.05, 0) is 70.9 Å². The van der Waals surface area contributed by atoms with E-state index >= 15 is 0 Å². The third-order valence-electron chi connectivity index (χ3n) is 8.45. The number of unbranched alkanes of at least 4 members (excludes halogenated alkanes) is 1. The predicted molar refractivity (Wildman–Crippen MR) is 205 cm³/mol. The van der Waals surface area contributed by atoms with E-state index in [2.05, 4.69) is 47.9 Å². The van der Waals surface area contributed by atoms with Gasteiger partial charge in [-0.3, -0.25) is 43.8 Å². The fourth-order valence-corrected chi connectivity index (χ4v) is 5.50. The van der Waals surface area contributed by atoms with Crippen LogP contribution in [0.15, 0.2) is 0 Å². The molecule has 0 spiro atoms. The van der Waals surface area contributed by atoms with Crippen molar-refractivity contribution in [3.63, 3.8) is 0 Å². The van der Waals surface area contributed by atoms with Gasteiger partial charge in [-0.25, -0.2) is 0 Å². The molecule has 8 amide bonds. The molecule has 22 nitrogen and oxygen atoms in total. The molecule has 0 aromatic carbocycles. The zero-order chi connectivity index (χ0) is 42.2. The molecule has 0 bridgehead atoms. The van der Waals surface area contributed by atoms with E-state index < -0.39 is 84.2 Å². The third kappa shape index (κ3) is 20.0. The summed E-state index contributed by atoms with van der Waals surface area (Å²) < 4.78 is 0. The van der Waals surface area contributed by atoms with Crippen LogP contribution in [-0.4, -0.2) is 134 Å². The minimum Gasteiger partial charge on any atom is -0.391 e. The molecule has 0 radical (unpaired) electrons. The van der Waals surface area contributed by atoms with Gasteiger partial charge >= 0.3 is 0 Å². The Morgan fingerprint density at radius 1 is 0.732 bits per heavy atom. The first-order chi connectivity index (χ1) is 26.5. The summed E-state index contributed by atoms with van der Waals surface area (Å²) in [5, 5.41) is 40.6. The number of nitrogens with one attached hydrogen (secondary N) is 10. The fraction of sp³-hybridized carbons (Fsp3) is 0.735. The molecular weight excluding hydrogens is 734 g/mol. The van der Waals surface area contributed by atoms with Gasteiger partial charge in [-0.1, -0.05) is 13.8 Å². The van der Waals surface area contributed by atoms with E-state index in [4.69, 9.17) is 22.6 Å². The molecule has 1 aliphatic heterocycles. The molecule has 22 heteroatoms. The zero-order valence-electron chi connectivity index (χ0n) is 32.6. The molecule has 0 unspecified atom stereocenters. The fourth-order valence-electron chi connectivity index (χ4n) is 5.50. The van der Waals surface area contributed by atoms with Crippen molar-refractivity contribution in [3.8, 4) is 0 Å². The smallest absolute Gasteiger partial charge is 0.245 e. The van der Waals surface area contributed by atoms with E-state index in [0.29, 0.717) is 19.4 Å². The Hall–Kier alpha value is -5.09. The second-order valence-electron chi connectivity index (χ2n) is 13.9. The Morgan fingerprint density at radius 2 is 1.30 bits per heavy atom. The van der Waals surface area contributed by atoms with Gasteiger partial charge in [0.2, 0.25) is 47.3 Å². The lowest BCUT2D eigenvalue weighted by Gasteiger charge is -2.27. The summed E-state index contributed by atoms with van der Waals surface area (Å²) in [6.07, 6.45) is -0.270. The maximum absolute atomic E-state index is 13.7. The third-order valence-corrected chi connectivity index (χ3v) is 8.45. The summed E-state index contributed by atoms with van der Waals surface area (Å²) in [6, 6.07) is -6.38. The number of rotatable bonds is 15. The first-order valence-corrected chi connectivity index (χ1v) is 19.0. The van der Waals surface area contributed by atoms with Gasteiger partial charge in [-0.2, -0.15) is 0 Å². The van der Waals surface area contributed by atoms with Crippen LogP contribution in [0.2, 0.25) is 0 Å². The van der Waals surface area contributed by atoms with Crippen LogP contribution in [-0.2, 0) is 38.4 Å². The van der Waals surface area contributed by atoms with Crippen LogP contribution in [0.5, 0.6) is 0 Å². The molecule has 0 aromatic rings. The Morgan fingerprint density at radius 3 is 1.89 bits per heavy atom. The van der Waals surface area contributed by atoms with Crippen molar-refractivity contribution in [2.24, 2.45) is 23.1 Å². The van der Waals surface area contributed by atoms with Gasteiger partial charge < -0.3 is 70.2 Å². The van der Waals surface area contributed by atoms with Gasteiger partial charge in [0, 0.05) is 32.5 Å². The number of hydrogen-bond acceptors (Lipinski definition) is 12. The van der Waals surface area contributed by atoms with Gasteiger partial charge in [0.1, 0.15) is 30.2 Å². The number of hydrogen-bond donors (Lipinski definition) is 14. The highest BCUT2D eigenvalue weighted by molar-refractivity contribution is 5.96. The van der Waals surface area contributed by atoms with Gasteiger partial charge in [0.15, 0.2) is 5.96 Å². The maximum atomic E-state index is 13.7. The Kier molecular flexibility index (Phi) is 23.3. The minimum atomic E-state index is -1.49. The summed E-state index contributed by atoms with van der Waals surface area (Å²) in [7, 11) is 0. The van der Waals surface area contributed by atoms with Crippen LogP contribution in [0.4, 0.5) is 0 Å². The average Bonchev–Trinajstić information content (AvgIpc) is 3.12. The second-order valence-corrected chi connectivity index (χ2v) is 13.9. The normalized spacial score (nSPS) is 23.3. The molecule has 318 valence electrons. The Labute approximate surface area is 327 Å². The molecule has 1 aliphatic rings. The van der Waals surface area contributed by atoms with Crippen molar-refractivity contribution in [1.82, 2.24) is 47.9 Å². The second kappa shape index (κ2) is 26.7. The van der Waals surface area contributed by atoms with Crippen molar-refractivity contribution in [2.75, 3.05) is 39.3 Å². The van der Waals surface area contributed by atoms with Crippen molar-refractivity contribution in [1.29, 1.82) is 5.41 Å². The molecule has 1 rings (SSSR count). The number of aliphatic hydroxyl groups is 1. The van der Waals surface area contributed by atoms with E-state index in [1.165, 1.54) is 6.92 Å². The lowest BCUT2D eigenvalue weighted by Crippen LogP contribution is -2.60. The summed E-state index contributed by atoms with van der Waals surface area (Å²) in [5.74, 6) is -5.80. The first-order valence-electron chi connectivity index (χ1n) is 19.0. The van der Waals surface area contributed by atoms with Gasteiger partial charge in [-0.15, -0.1) is 0 Å². The van der Waals surface area contributed by atoms with Crippen molar-refractivity contribution in [2.45, 2.75) is 115 Å². The van der Waals surface area contributed by atoms with Crippen LogP contribution >= 0.6 is 0 Å². The van der Waals surface area contributed by atoms with Gasteiger partial charge in [0.05, 0.1) is 12.6 Å². The summed E-state index contributed by atoms with van der Waals surface area (Å²) >= 11 is 0. The van der Waals surface area contributed by atoms with E-state index in [-0.39, 0.29) is 88.9 Å². The quantitative estimate of drug-likeness (QED) is 0.0419. The molecule has 56 heavy (non-hydrogen) atoms. The van der Waals surface area contributed by atoms with Crippen molar-refractivity contribution >= 4 is 53.2 Å². The van der Waals surface area contributed by atoms with Gasteiger partial charge in [0.25, 0.3) is 0 Å². The number of carbonyl (C=O) groups is 8. The summed E-state index contributed by atoms with van der Waals surface area (Å²) in [4.78, 5) is 105. The highest BCUT2D eigenvalue weighted by Crippen LogP contribution is 2.07. The average molecular weight is 798 g/mol. The van der Waals surface area contributed by atoms with Crippen molar-refractivity contribution in [3.05, 3.63) is 0 Å². The van der Waals surface area contributed by atoms with Crippen LogP contribution in [0, 0.1) is 11.3 Å². The molecule has 6 atom stereocenters. The zero-order valence-corrected chi connectivity index (χ0v) is 32.6. The lowest BCUT2D eigenvalue weighted by atomic mass is 10.0. The first kappa shape index (κ1) is 48.9. The monoisotopic (exact) mass is 797 g/mol. The molecule has 17 N–H and O–H groups in total. The molecular formula is C34H63N13O9. The Bertz CT molecular complexity index is 1350. The topological polar surface area (TPSA) is 367 Å². The van der Waals surface area contributed by atoms with E-state index in [1.54, 1.807) is 0 Å². The molecule has 1 fully saturated rings. The molecule has 0 aliphatic carbocycles. The standard InChI is InChI=1S/C34H63N13O9/c1-19(2)17-24-32(55)45-22(10-13-36)30(53)46-23(11-16-39-25(49)7-4-5-14-41-34(37)38)31(54)47-28(20(3)48)33(56)40-15-6-8-26(50)43-21(9-12-35)29(52)42-18-27(51)44-24/h19-24,28,48H,4-18,35-36H2,1-3H3,(H,39,49)(H,40,56)(H,42,52)(H,43,50)(H,44,51)(H,45,55)(H,46,53)(H,47,54)(H4,37,38,41)/t20-,21+,22+,23+,24+,28+/m1/s1. The number of nitrogens with two attached hydrogens (primary N) is 3. The van der Waals surface area contributed by atoms with E-state index in [0.717, 1.165) is 0 Å². The van der Waals surface area contributed by atoms with E-state index in [1.807, 2.05) is 13.8 Å². The molecule has 0 aromatic heterocycles. The number of guanidine groups is 1. The largest absolute Gasteiger partial charge is 0.391 e. The van der Waals surface area contributed by atoms with E-state index in [9.17, 15) is 43.5 Å². The minimum absolute atomic E-state index is 0.0405. The van der Waals surface area contributed by atoms with Crippen molar-refractivity contribution < 1.29 is 43.5 Å².